The summed E-state index contributed by atoms with van der Waals surface area (Å²) in [5.41, 5.74) is -3.11. The molecule has 0 radical (unpaired) electrons. The van der Waals surface area contributed by atoms with Crippen LogP contribution in [0.3, 0.4) is 0 Å². The summed E-state index contributed by atoms with van der Waals surface area (Å²) in [5.74, 6) is -2.09. The Balaban J connectivity index is 2.78. The number of ether oxygens (including phenoxy) is 1. The van der Waals surface area contributed by atoms with Crippen LogP contribution in [0.25, 0.3) is 0 Å². The lowest BCUT2D eigenvalue weighted by Crippen LogP contribution is -2.65. The van der Waals surface area contributed by atoms with Crippen molar-refractivity contribution in [2.75, 3.05) is 6.54 Å². The highest BCUT2D eigenvalue weighted by Crippen LogP contribution is 2.35. The standard InChI is InChI=1S/C25H45N3O7/c1-23(2,3)25(20(31)32,14-10-11-15-26-22(34)35-24(4,5)6)28-21(33)27-18(19(29)30)16-17-12-8-7-9-13-17/h17-18H,7-16H2,1-6H3,(H,26,34)(H,29,30)(H,31,32)(H2,27,28,33)/t18-,25-/m1/s1. The average Bonchev–Trinajstić information content (AvgIpc) is 2.70. The molecule has 0 saturated heterocycles. The molecular weight excluding hydrogens is 454 g/mol. The van der Waals surface area contributed by atoms with Gasteiger partial charge in [0.2, 0.25) is 0 Å². The summed E-state index contributed by atoms with van der Waals surface area (Å²) in [6.45, 7) is 10.7. The zero-order valence-electron chi connectivity index (χ0n) is 22.2. The molecule has 0 aromatic rings. The molecule has 35 heavy (non-hydrogen) atoms. The first kappa shape index (κ1) is 30.5. The van der Waals surface area contributed by atoms with Gasteiger partial charge in [-0.1, -0.05) is 52.9 Å². The number of carbonyl (C=O) groups excluding carboxylic acids is 2. The summed E-state index contributed by atoms with van der Waals surface area (Å²) in [4.78, 5) is 48.9. The second-order valence-electron chi connectivity index (χ2n) is 11.6. The first-order chi connectivity index (χ1) is 16.1. The molecule has 3 amide bonds. The maximum Gasteiger partial charge on any atom is 0.407 e. The van der Waals surface area contributed by atoms with Crippen LogP contribution >= 0.6 is 0 Å². The fourth-order valence-corrected chi connectivity index (χ4v) is 4.49. The number of carbonyl (C=O) groups is 4. The van der Waals surface area contributed by atoms with E-state index in [0.29, 0.717) is 25.8 Å². The molecule has 0 aromatic carbocycles. The van der Waals surface area contributed by atoms with Gasteiger partial charge in [-0.05, 0) is 57.8 Å². The van der Waals surface area contributed by atoms with Crippen LogP contribution in [0, 0.1) is 11.3 Å². The Morgan fingerprint density at radius 3 is 2.03 bits per heavy atom. The van der Waals surface area contributed by atoms with Crippen LogP contribution in [-0.4, -0.2) is 58.0 Å². The van der Waals surface area contributed by atoms with Gasteiger partial charge in [0.05, 0.1) is 0 Å². The minimum Gasteiger partial charge on any atom is -0.480 e. The first-order valence-electron chi connectivity index (χ1n) is 12.6. The lowest BCUT2D eigenvalue weighted by Gasteiger charge is -2.42. The van der Waals surface area contributed by atoms with Gasteiger partial charge >= 0.3 is 24.1 Å². The molecule has 1 fully saturated rings. The van der Waals surface area contributed by atoms with E-state index in [-0.39, 0.29) is 12.3 Å². The Morgan fingerprint density at radius 2 is 1.54 bits per heavy atom. The maximum atomic E-state index is 12.9. The van der Waals surface area contributed by atoms with Crippen LogP contribution in [0.2, 0.25) is 0 Å². The summed E-state index contributed by atoms with van der Waals surface area (Å²) in [5, 5.41) is 27.5. The molecule has 0 heterocycles. The number of alkyl carbamates (subject to hydrolysis) is 1. The Hall–Kier alpha value is -2.52. The fraction of sp³-hybridized carbons (Fsp3) is 0.840. The van der Waals surface area contributed by atoms with Crippen molar-refractivity contribution in [2.24, 2.45) is 11.3 Å². The van der Waals surface area contributed by atoms with E-state index < -0.39 is 46.7 Å². The van der Waals surface area contributed by atoms with Crippen molar-refractivity contribution in [3.05, 3.63) is 0 Å². The Kier molecular flexibility index (Phi) is 11.3. The number of carboxylic acids is 2. The minimum absolute atomic E-state index is 0.107. The van der Waals surface area contributed by atoms with Gasteiger partial charge in [-0.3, -0.25) is 0 Å². The number of nitrogens with one attached hydrogen (secondary N) is 3. The SMILES string of the molecule is CC(C)(C)OC(=O)NCCCC[C@@](NC(=O)N[C@H](CC1CCCCC1)C(=O)O)(C(=O)O)C(C)(C)C. The smallest absolute Gasteiger partial charge is 0.407 e. The monoisotopic (exact) mass is 499 g/mol. The van der Waals surface area contributed by atoms with Crippen molar-refractivity contribution in [1.29, 1.82) is 0 Å². The number of hydrogen-bond acceptors (Lipinski definition) is 5. The van der Waals surface area contributed by atoms with Crippen LogP contribution in [0.4, 0.5) is 9.59 Å². The van der Waals surface area contributed by atoms with Crippen molar-refractivity contribution in [2.45, 2.75) is 117 Å². The molecule has 5 N–H and O–H groups in total. The quantitative estimate of drug-likeness (QED) is 0.266. The number of urea groups is 1. The van der Waals surface area contributed by atoms with Gasteiger partial charge in [0.25, 0.3) is 0 Å². The highest BCUT2D eigenvalue weighted by molar-refractivity contribution is 5.89. The molecule has 0 bridgehead atoms. The van der Waals surface area contributed by atoms with Crippen LogP contribution in [0.1, 0.15) is 99.3 Å². The average molecular weight is 500 g/mol. The first-order valence-corrected chi connectivity index (χ1v) is 12.6. The molecular formula is C25H45N3O7. The zero-order chi connectivity index (χ0) is 26.9. The Morgan fingerprint density at radius 1 is 0.943 bits per heavy atom. The van der Waals surface area contributed by atoms with Gasteiger partial charge in [-0.2, -0.15) is 0 Å². The van der Waals surface area contributed by atoms with Gasteiger partial charge in [0.1, 0.15) is 17.2 Å². The van der Waals surface area contributed by atoms with E-state index in [9.17, 15) is 29.4 Å². The topological polar surface area (TPSA) is 154 Å². The molecule has 202 valence electrons. The highest BCUT2D eigenvalue weighted by Gasteiger charge is 2.49. The molecule has 0 unspecified atom stereocenters. The Bertz CT molecular complexity index is 736. The number of carboxylic acid groups (broad SMARTS) is 2. The van der Waals surface area contributed by atoms with Gasteiger partial charge in [-0.25, -0.2) is 19.2 Å². The Labute approximate surface area is 208 Å². The van der Waals surface area contributed by atoms with Crippen molar-refractivity contribution in [3.8, 4) is 0 Å². The van der Waals surface area contributed by atoms with Crippen LogP contribution in [0.5, 0.6) is 0 Å². The largest absolute Gasteiger partial charge is 0.480 e. The zero-order valence-corrected chi connectivity index (χ0v) is 22.2. The van der Waals surface area contributed by atoms with E-state index in [1.807, 2.05) is 0 Å². The van der Waals surface area contributed by atoms with Crippen molar-refractivity contribution >= 4 is 24.1 Å². The molecule has 0 spiro atoms. The molecule has 10 heteroatoms. The summed E-state index contributed by atoms with van der Waals surface area (Å²) in [7, 11) is 0. The molecule has 1 rings (SSSR count). The van der Waals surface area contributed by atoms with E-state index in [0.717, 1.165) is 32.1 Å². The lowest BCUT2D eigenvalue weighted by atomic mass is 9.70. The second kappa shape index (κ2) is 13.0. The predicted molar refractivity (Wildman–Crippen MR) is 132 cm³/mol. The van der Waals surface area contributed by atoms with Gasteiger partial charge in [-0.15, -0.1) is 0 Å². The molecule has 1 aliphatic carbocycles. The maximum absolute atomic E-state index is 12.9. The van der Waals surface area contributed by atoms with Crippen LogP contribution in [0.15, 0.2) is 0 Å². The van der Waals surface area contributed by atoms with Crippen molar-refractivity contribution in [3.63, 3.8) is 0 Å². The summed E-state index contributed by atoms with van der Waals surface area (Å²) in [6.07, 6.45) is 5.89. The van der Waals surface area contributed by atoms with Crippen molar-refractivity contribution < 1.29 is 34.1 Å². The number of aliphatic carboxylic acids is 2. The minimum atomic E-state index is -1.63. The normalized spacial score (nSPS) is 17.5. The molecule has 2 atom stereocenters. The number of amides is 3. The van der Waals surface area contributed by atoms with Gasteiger partial charge in [0, 0.05) is 6.54 Å². The number of unbranched alkanes of at least 4 members (excludes halogenated alkanes) is 1. The molecule has 10 nitrogen and oxygen atoms in total. The number of hydrogen-bond donors (Lipinski definition) is 5. The van der Waals surface area contributed by atoms with Crippen LogP contribution < -0.4 is 16.0 Å². The highest BCUT2D eigenvalue weighted by atomic mass is 16.6. The lowest BCUT2D eigenvalue weighted by molar-refractivity contribution is -0.150. The summed E-state index contributed by atoms with van der Waals surface area (Å²) >= 11 is 0. The molecule has 1 saturated carbocycles. The van der Waals surface area contributed by atoms with E-state index in [2.05, 4.69) is 16.0 Å². The molecule has 1 aliphatic rings. The third-order valence-corrected chi connectivity index (χ3v) is 6.52. The van der Waals surface area contributed by atoms with E-state index in [4.69, 9.17) is 4.74 Å². The third kappa shape index (κ3) is 10.3. The van der Waals surface area contributed by atoms with Gasteiger partial charge < -0.3 is 30.9 Å². The van der Waals surface area contributed by atoms with Gasteiger partial charge in [0.15, 0.2) is 0 Å². The van der Waals surface area contributed by atoms with Crippen LogP contribution in [-0.2, 0) is 14.3 Å². The van der Waals surface area contributed by atoms with E-state index in [1.54, 1.807) is 41.5 Å². The third-order valence-electron chi connectivity index (χ3n) is 6.52. The predicted octanol–water partition coefficient (Wildman–Crippen LogP) is 4.27. The fourth-order valence-electron chi connectivity index (χ4n) is 4.49. The molecule has 0 aliphatic heterocycles. The summed E-state index contributed by atoms with van der Waals surface area (Å²) < 4.78 is 5.18. The van der Waals surface area contributed by atoms with E-state index >= 15 is 0 Å². The number of rotatable bonds is 11. The summed E-state index contributed by atoms with van der Waals surface area (Å²) in [6, 6.07) is -1.89. The van der Waals surface area contributed by atoms with Crippen molar-refractivity contribution in [1.82, 2.24) is 16.0 Å². The second-order valence-corrected chi connectivity index (χ2v) is 11.6. The van der Waals surface area contributed by atoms with E-state index in [1.165, 1.54) is 0 Å². The molecule has 0 aromatic heterocycles.